The van der Waals surface area contributed by atoms with Crippen LogP contribution in [0.4, 0.5) is 10.1 Å². The van der Waals surface area contributed by atoms with Gasteiger partial charge in [-0.3, -0.25) is 0 Å². The molecule has 0 saturated carbocycles. The number of nitriles is 1. The third-order valence-corrected chi connectivity index (χ3v) is 3.01. The second-order valence-corrected chi connectivity index (χ2v) is 4.62. The standard InChI is InChI=1S/C16H15FN2/c1-12-4-3-5-15(8-12)19(2)11-13-6-7-16(17)14(9-13)10-18/h3-9H,11H2,1-2H3. The van der Waals surface area contributed by atoms with Gasteiger partial charge in [0, 0.05) is 19.3 Å². The Hall–Kier alpha value is -2.34. The zero-order valence-corrected chi connectivity index (χ0v) is 11.0. The van der Waals surface area contributed by atoms with Crippen LogP contribution in [0.1, 0.15) is 16.7 Å². The van der Waals surface area contributed by atoms with Crippen LogP contribution in [0.2, 0.25) is 0 Å². The average Bonchev–Trinajstić information content (AvgIpc) is 2.41. The fourth-order valence-electron chi connectivity index (χ4n) is 1.99. The number of aryl methyl sites for hydroxylation is 1. The molecule has 19 heavy (non-hydrogen) atoms. The first-order valence-electron chi connectivity index (χ1n) is 6.06. The van der Waals surface area contributed by atoms with Crippen LogP contribution >= 0.6 is 0 Å². The Kier molecular flexibility index (Phi) is 3.82. The lowest BCUT2D eigenvalue weighted by atomic mass is 10.1. The van der Waals surface area contributed by atoms with Crippen molar-refractivity contribution >= 4 is 5.69 Å². The van der Waals surface area contributed by atoms with Crippen LogP contribution in [-0.4, -0.2) is 7.05 Å². The fraction of sp³-hybridized carbons (Fsp3) is 0.188. The molecule has 0 unspecified atom stereocenters. The van der Waals surface area contributed by atoms with Gasteiger partial charge < -0.3 is 4.90 Å². The smallest absolute Gasteiger partial charge is 0.140 e. The summed E-state index contributed by atoms with van der Waals surface area (Å²) in [5.74, 6) is -0.468. The van der Waals surface area contributed by atoms with Crippen LogP contribution in [0.5, 0.6) is 0 Å². The quantitative estimate of drug-likeness (QED) is 0.836. The zero-order chi connectivity index (χ0) is 13.8. The normalized spacial score (nSPS) is 10.0. The van der Waals surface area contributed by atoms with Crippen molar-refractivity contribution in [2.75, 3.05) is 11.9 Å². The van der Waals surface area contributed by atoms with E-state index >= 15 is 0 Å². The summed E-state index contributed by atoms with van der Waals surface area (Å²) >= 11 is 0. The minimum atomic E-state index is -0.468. The molecule has 0 aliphatic heterocycles. The average molecular weight is 254 g/mol. The van der Waals surface area contributed by atoms with E-state index in [1.165, 1.54) is 11.6 Å². The first kappa shape index (κ1) is 13.1. The van der Waals surface area contributed by atoms with E-state index in [9.17, 15) is 4.39 Å². The molecule has 0 radical (unpaired) electrons. The van der Waals surface area contributed by atoms with Crippen molar-refractivity contribution in [3.8, 4) is 6.07 Å². The van der Waals surface area contributed by atoms with Crippen molar-refractivity contribution in [2.24, 2.45) is 0 Å². The first-order valence-corrected chi connectivity index (χ1v) is 6.06. The molecule has 0 amide bonds. The van der Waals surface area contributed by atoms with E-state index in [-0.39, 0.29) is 5.56 Å². The Balaban J connectivity index is 2.20. The zero-order valence-electron chi connectivity index (χ0n) is 11.0. The van der Waals surface area contributed by atoms with E-state index in [4.69, 9.17) is 5.26 Å². The number of anilines is 1. The summed E-state index contributed by atoms with van der Waals surface area (Å²) in [6.07, 6.45) is 0. The Morgan fingerprint density at radius 3 is 2.68 bits per heavy atom. The fourth-order valence-corrected chi connectivity index (χ4v) is 1.99. The van der Waals surface area contributed by atoms with Crippen LogP contribution in [0.3, 0.4) is 0 Å². The molecule has 0 aromatic heterocycles. The number of hydrogen-bond donors (Lipinski definition) is 0. The van der Waals surface area contributed by atoms with Gasteiger partial charge in [-0.2, -0.15) is 5.26 Å². The molecule has 0 N–H and O–H groups in total. The first-order chi connectivity index (χ1) is 9.10. The monoisotopic (exact) mass is 254 g/mol. The van der Waals surface area contributed by atoms with Gasteiger partial charge in [-0.15, -0.1) is 0 Å². The number of halogens is 1. The Morgan fingerprint density at radius 2 is 2.00 bits per heavy atom. The lowest BCUT2D eigenvalue weighted by Crippen LogP contribution is -2.16. The number of rotatable bonds is 3. The van der Waals surface area contributed by atoms with Crippen molar-refractivity contribution in [1.82, 2.24) is 0 Å². The summed E-state index contributed by atoms with van der Waals surface area (Å²) in [5.41, 5.74) is 3.31. The summed E-state index contributed by atoms with van der Waals surface area (Å²) in [6, 6.07) is 14.7. The summed E-state index contributed by atoms with van der Waals surface area (Å²) < 4.78 is 13.2. The molecule has 0 saturated heterocycles. The maximum Gasteiger partial charge on any atom is 0.140 e. The van der Waals surface area contributed by atoms with Gasteiger partial charge in [0.05, 0.1) is 5.56 Å². The molecule has 0 atom stereocenters. The van der Waals surface area contributed by atoms with Crippen LogP contribution in [0.15, 0.2) is 42.5 Å². The van der Waals surface area contributed by atoms with E-state index in [1.54, 1.807) is 12.1 Å². The molecule has 0 spiro atoms. The van der Waals surface area contributed by atoms with E-state index < -0.39 is 5.82 Å². The topological polar surface area (TPSA) is 27.0 Å². The minimum absolute atomic E-state index is 0.0927. The minimum Gasteiger partial charge on any atom is -0.370 e. The third kappa shape index (κ3) is 3.11. The molecule has 0 heterocycles. The van der Waals surface area contributed by atoms with Crippen LogP contribution in [-0.2, 0) is 6.54 Å². The lowest BCUT2D eigenvalue weighted by molar-refractivity contribution is 0.623. The molecule has 0 fully saturated rings. The molecular weight excluding hydrogens is 239 g/mol. The Morgan fingerprint density at radius 1 is 1.21 bits per heavy atom. The molecule has 2 aromatic rings. The molecule has 0 bridgehead atoms. The van der Waals surface area contributed by atoms with Crippen molar-refractivity contribution in [2.45, 2.75) is 13.5 Å². The van der Waals surface area contributed by atoms with E-state index in [1.807, 2.05) is 38.2 Å². The summed E-state index contributed by atoms with van der Waals surface area (Å²) in [4.78, 5) is 2.07. The van der Waals surface area contributed by atoms with Gasteiger partial charge in [0.2, 0.25) is 0 Å². The summed E-state index contributed by atoms with van der Waals surface area (Å²) in [5, 5.41) is 8.83. The van der Waals surface area contributed by atoms with Crippen LogP contribution in [0, 0.1) is 24.1 Å². The molecule has 0 aliphatic carbocycles. The number of nitrogens with zero attached hydrogens (tertiary/aromatic N) is 2. The molecule has 2 rings (SSSR count). The van der Waals surface area contributed by atoms with Gasteiger partial charge >= 0.3 is 0 Å². The van der Waals surface area contributed by atoms with Gasteiger partial charge in [-0.05, 0) is 42.3 Å². The Bertz CT molecular complexity index is 629. The van der Waals surface area contributed by atoms with Crippen molar-refractivity contribution < 1.29 is 4.39 Å². The van der Waals surface area contributed by atoms with Gasteiger partial charge in [-0.1, -0.05) is 18.2 Å². The van der Waals surface area contributed by atoms with Crippen LogP contribution in [0.25, 0.3) is 0 Å². The highest BCUT2D eigenvalue weighted by Crippen LogP contribution is 2.18. The lowest BCUT2D eigenvalue weighted by Gasteiger charge is -2.20. The highest BCUT2D eigenvalue weighted by atomic mass is 19.1. The SMILES string of the molecule is Cc1cccc(N(C)Cc2ccc(F)c(C#N)c2)c1. The maximum absolute atomic E-state index is 13.2. The molecular formula is C16H15FN2. The maximum atomic E-state index is 13.2. The molecule has 2 nitrogen and oxygen atoms in total. The molecule has 3 heteroatoms. The summed E-state index contributed by atoms with van der Waals surface area (Å²) in [6.45, 7) is 2.68. The van der Waals surface area contributed by atoms with Gasteiger partial charge in [0.1, 0.15) is 11.9 Å². The van der Waals surface area contributed by atoms with Gasteiger partial charge in [-0.25, -0.2) is 4.39 Å². The van der Waals surface area contributed by atoms with Crippen molar-refractivity contribution in [3.63, 3.8) is 0 Å². The molecule has 2 aromatic carbocycles. The van der Waals surface area contributed by atoms with E-state index in [0.29, 0.717) is 6.54 Å². The van der Waals surface area contributed by atoms with Gasteiger partial charge in [0.25, 0.3) is 0 Å². The van der Waals surface area contributed by atoms with Gasteiger partial charge in [0.15, 0.2) is 0 Å². The van der Waals surface area contributed by atoms with E-state index in [0.717, 1.165) is 11.3 Å². The highest BCUT2D eigenvalue weighted by Gasteiger charge is 2.06. The third-order valence-electron chi connectivity index (χ3n) is 3.01. The van der Waals surface area contributed by atoms with Crippen molar-refractivity contribution in [3.05, 3.63) is 65.0 Å². The predicted octanol–water partition coefficient (Wildman–Crippen LogP) is 3.64. The van der Waals surface area contributed by atoms with E-state index in [2.05, 4.69) is 11.0 Å². The predicted molar refractivity (Wildman–Crippen MR) is 74.4 cm³/mol. The van der Waals surface area contributed by atoms with Crippen LogP contribution < -0.4 is 4.90 Å². The number of benzene rings is 2. The Labute approximate surface area is 112 Å². The number of hydrogen-bond acceptors (Lipinski definition) is 2. The highest BCUT2D eigenvalue weighted by molar-refractivity contribution is 5.48. The molecule has 96 valence electrons. The molecule has 0 aliphatic rings. The summed E-state index contributed by atoms with van der Waals surface area (Å²) in [7, 11) is 1.98. The van der Waals surface area contributed by atoms with Crippen molar-refractivity contribution in [1.29, 1.82) is 5.26 Å². The second kappa shape index (κ2) is 5.53. The largest absolute Gasteiger partial charge is 0.370 e. The second-order valence-electron chi connectivity index (χ2n) is 4.62.